The Hall–Kier alpha value is -3.29. The average Bonchev–Trinajstić information content (AvgIpc) is 3.42. The van der Waals surface area contributed by atoms with Crippen LogP contribution in [0, 0.1) is 35.9 Å². The standard InChI is InChI=1S/C25H25ClFN5O3S/c1-4-35-24(34)23-22(21-17(27)6-5-8-29-21)31-25(36-23)32-9-7-15(13(2)12-32)10-18(33)20-16(11-28)19(26)14(3)30-20/h5-6,8,13,15,30H,4,7,9-10,12H2,1-3H3/t13-,15-/m0/s1. The highest BCUT2D eigenvalue weighted by atomic mass is 35.5. The molecule has 3 aromatic heterocycles. The molecule has 188 valence electrons. The van der Waals surface area contributed by atoms with Crippen LogP contribution in [0.2, 0.25) is 5.02 Å². The van der Waals surface area contributed by atoms with Crippen molar-refractivity contribution in [3.63, 3.8) is 0 Å². The first-order chi connectivity index (χ1) is 17.2. The number of nitriles is 1. The van der Waals surface area contributed by atoms with Gasteiger partial charge in [-0.15, -0.1) is 0 Å². The van der Waals surface area contributed by atoms with E-state index in [4.69, 9.17) is 16.3 Å². The summed E-state index contributed by atoms with van der Waals surface area (Å²) < 4.78 is 19.7. The van der Waals surface area contributed by atoms with Gasteiger partial charge >= 0.3 is 5.97 Å². The van der Waals surface area contributed by atoms with E-state index in [1.54, 1.807) is 13.8 Å². The molecule has 3 aromatic rings. The molecule has 2 atom stereocenters. The van der Waals surface area contributed by atoms with Crippen molar-refractivity contribution in [1.29, 1.82) is 5.26 Å². The second-order valence-electron chi connectivity index (χ2n) is 8.75. The Balaban J connectivity index is 1.53. The number of nitrogens with zero attached hydrogens (tertiary/aromatic N) is 4. The van der Waals surface area contributed by atoms with Gasteiger partial charge in [0, 0.05) is 31.4 Å². The van der Waals surface area contributed by atoms with Crippen molar-refractivity contribution >= 4 is 39.8 Å². The van der Waals surface area contributed by atoms with Gasteiger partial charge in [0.1, 0.15) is 28.0 Å². The van der Waals surface area contributed by atoms with Gasteiger partial charge in [0.05, 0.1) is 17.2 Å². The van der Waals surface area contributed by atoms with Crippen LogP contribution in [0.3, 0.4) is 0 Å². The highest BCUT2D eigenvalue weighted by Crippen LogP contribution is 2.37. The summed E-state index contributed by atoms with van der Waals surface area (Å²) in [6.07, 6.45) is 2.45. The molecular formula is C25H25ClFN5O3S. The summed E-state index contributed by atoms with van der Waals surface area (Å²) in [6.45, 7) is 6.89. The van der Waals surface area contributed by atoms with Crippen LogP contribution in [0.1, 0.15) is 58.1 Å². The Labute approximate surface area is 217 Å². The van der Waals surface area contributed by atoms with E-state index in [1.165, 1.54) is 18.3 Å². The van der Waals surface area contributed by atoms with Gasteiger partial charge in [-0.1, -0.05) is 29.9 Å². The Morgan fingerprint density at radius 3 is 2.86 bits per heavy atom. The van der Waals surface area contributed by atoms with Crippen LogP contribution in [0.4, 0.5) is 9.52 Å². The summed E-state index contributed by atoms with van der Waals surface area (Å²) in [5, 5.41) is 10.3. The topological polar surface area (TPSA) is 112 Å². The zero-order chi connectivity index (χ0) is 26.0. The fourth-order valence-electron chi connectivity index (χ4n) is 4.43. The van der Waals surface area contributed by atoms with E-state index >= 15 is 0 Å². The molecule has 0 amide bonds. The fourth-order valence-corrected chi connectivity index (χ4v) is 5.61. The quantitative estimate of drug-likeness (QED) is 0.321. The Morgan fingerprint density at radius 2 is 2.19 bits per heavy atom. The number of esters is 1. The Bertz CT molecular complexity index is 1350. The van der Waals surface area contributed by atoms with Crippen molar-refractivity contribution in [3.8, 4) is 17.5 Å². The van der Waals surface area contributed by atoms with E-state index in [9.17, 15) is 19.2 Å². The van der Waals surface area contributed by atoms with Crippen molar-refractivity contribution in [2.75, 3.05) is 24.6 Å². The normalized spacial score (nSPS) is 17.6. The maximum Gasteiger partial charge on any atom is 0.350 e. The number of hydrogen-bond acceptors (Lipinski definition) is 8. The molecule has 11 heteroatoms. The van der Waals surface area contributed by atoms with Crippen LogP contribution in [0.15, 0.2) is 18.3 Å². The molecule has 0 saturated carbocycles. The van der Waals surface area contributed by atoms with Crippen LogP contribution < -0.4 is 4.90 Å². The van der Waals surface area contributed by atoms with Crippen molar-refractivity contribution in [3.05, 3.63) is 51.0 Å². The zero-order valence-corrected chi connectivity index (χ0v) is 21.7. The predicted octanol–water partition coefficient (Wildman–Crippen LogP) is 5.42. The first kappa shape index (κ1) is 25.8. The molecule has 0 bridgehead atoms. The van der Waals surface area contributed by atoms with E-state index < -0.39 is 11.8 Å². The molecule has 1 fully saturated rings. The number of carbonyl (C=O) groups is 2. The molecule has 1 aliphatic heterocycles. The van der Waals surface area contributed by atoms with E-state index in [-0.39, 0.29) is 63.2 Å². The maximum absolute atomic E-state index is 14.5. The predicted molar refractivity (Wildman–Crippen MR) is 135 cm³/mol. The van der Waals surface area contributed by atoms with E-state index in [1.807, 2.05) is 11.0 Å². The number of anilines is 1. The molecule has 0 aromatic carbocycles. The third kappa shape index (κ3) is 4.99. The molecule has 4 rings (SSSR count). The molecule has 0 radical (unpaired) electrons. The van der Waals surface area contributed by atoms with Crippen molar-refractivity contribution < 1.29 is 18.7 Å². The molecular weight excluding hydrogens is 505 g/mol. The van der Waals surface area contributed by atoms with Crippen LogP contribution >= 0.6 is 22.9 Å². The lowest BCUT2D eigenvalue weighted by molar-refractivity contribution is 0.0532. The highest BCUT2D eigenvalue weighted by molar-refractivity contribution is 7.17. The van der Waals surface area contributed by atoms with Gasteiger partial charge < -0.3 is 14.6 Å². The van der Waals surface area contributed by atoms with Gasteiger partial charge in [-0.3, -0.25) is 9.78 Å². The maximum atomic E-state index is 14.5. The van der Waals surface area contributed by atoms with Crippen LogP contribution in [-0.2, 0) is 4.74 Å². The number of aromatic amines is 1. The monoisotopic (exact) mass is 529 g/mol. The smallest absolute Gasteiger partial charge is 0.350 e. The minimum absolute atomic E-state index is 0.00443. The second kappa shape index (κ2) is 10.8. The number of rotatable bonds is 7. The number of thiazole rings is 1. The van der Waals surface area contributed by atoms with Gasteiger partial charge in [-0.05, 0) is 44.2 Å². The molecule has 0 unspecified atom stereocenters. The number of carbonyl (C=O) groups excluding carboxylic acids is 2. The summed E-state index contributed by atoms with van der Waals surface area (Å²) in [5.74, 6) is -1.05. The Morgan fingerprint density at radius 1 is 1.42 bits per heavy atom. The summed E-state index contributed by atoms with van der Waals surface area (Å²) in [7, 11) is 0. The minimum Gasteiger partial charge on any atom is -0.462 e. The number of nitrogens with one attached hydrogen (secondary N) is 1. The summed E-state index contributed by atoms with van der Waals surface area (Å²) >= 11 is 7.30. The number of ether oxygens (including phenoxy) is 1. The number of aryl methyl sites for hydroxylation is 1. The average molecular weight is 530 g/mol. The van der Waals surface area contributed by atoms with E-state index in [0.29, 0.717) is 30.3 Å². The van der Waals surface area contributed by atoms with Crippen LogP contribution in [-0.4, -0.2) is 46.4 Å². The third-order valence-electron chi connectivity index (χ3n) is 6.36. The van der Waals surface area contributed by atoms with E-state index in [2.05, 4.69) is 21.9 Å². The molecule has 0 spiro atoms. The number of aromatic nitrogens is 3. The fraction of sp³-hybridized carbons (Fsp3) is 0.400. The summed E-state index contributed by atoms with van der Waals surface area (Å²) in [5.41, 5.74) is 1.22. The first-order valence-corrected chi connectivity index (χ1v) is 12.8. The number of hydrogen-bond donors (Lipinski definition) is 1. The number of H-pyrrole nitrogens is 1. The van der Waals surface area contributed by atoms with Crippen molar-refractivity contribution in [1.82, 2.24) is 15.0 Å². The van der Waals surface area contributed by atoms with Gasteiger partial charge in [0.25, 0.3) is 0 Å². The van der Waals surface area contributed by atoms with Crippen LogP contribution in [0.25, 0.3) is 11.4 Å². The number of halogens is 2. The zero-order valence-electron chi connectivity index (χ0n) is 20.1. The van der Waals surface area contributed by atoms with Gasteiger partial charge in [-0.25, -0.2) is 14.2 Å². The van der Waals surface area contributed by atoms with Crippen molar-refractivity contribution in [2.45, 2.75) is 33.6 Å². The molecule has 4 heterocycles. The number of pyridine rings is 1. The van der Waals surface area contributed by atoms with Gasteiger partial charge in [0.15, 0.2) is 16.7 Å². The number of ketones is 1. The molecule has 1 aliphatic rings. The van der Waals surface area contributed by atoms with E-state index in [0.717, 1.165) is 11.3 Å². The van der Waals surface area contributed by atoms with Gasteiger partial charge in [-0.2, -0.15) is 5.26 Å². The Kier molecular flexibility index (Phi) is 7.71. The van der Waals surface area contributed by atoms with Crippen molar-refractivity contribution in [2.24, 2.45) is 11.8 Å². The second-order valence-corrected chi connectivity index (χ2v) is 10.1. The summed E-state index contributed by atoms with van der Waals surface area (Å²) in [6, 6.07) is 4.77. The molecule has 1 saturated heterocycles. The lowest BCUT2D eigenvalue weighted by Crippen LogP contribution is -2.40. The first-order valence-electron chi connectivity index (χ1n) is 11.6. The minimum atomic E-state index is -0.568. The highest BCUT2D eigenvalue weighted by Gasteiger charge is 2.33. The number of Topliss-reactive ketones (excluding diaryl/α,β-unsaturated/α-hetero) is 1. The molecule has 0 aliphatic carbocycles. The van der Waals surface area contributed by atoms with Crippen LogP contribution in [0.5, 0.6) is 0 Å². The summed E-state index contributed by atoms with van der Waals surface area (Å²) in [4.78, 5) is 39.5. The number of piperidine rings is 1. The largest absolute Gasteiger partial charge is 0.462 e. The molecule has 1 N–H and O–H groups in total. The SMILES string of the molecule is CCOC(=O)c1sc(N2CC[C@@H](CC(=O)c3[nH]c(C)c(Cl)c3C#N)[C@@H](C)C2)nc1-c1ncccc1F. The lowest BCUT2D eigenvalue weighted by atomic mass is 9.83. The third-order valence-corrected chi connectivity index (χ3v) is 7.93. The molecule has 36 heavy (non-hydrogen) atoms. The lowest BCUT2D eigenvalue weighted by Gasteiger charge is -2.36. The molecule has 8 nitrogen and oxygen atoms in total. The van der Waals surface area contributed by atoms with Gasteiger partial charge in [0.2, 0.25) is 0 Å².